The Balaban J connectivity index is 1.69. The van der Waals surface area contributed by atoms with E-state index >= 15 is 0 Å². The molecule has 3 rings (SSSR count). The van der Waals surface area contributed by atoms with Gasteiger partial charge in [-0.2, -0.15) is 0 Å². The molecule has 0 radical (unpaired) electrons. The van der Waals surface area contributed by atoms with E-state index < -0.39 is 6.10 Å². The minimum atomic E-state index is -0.527. The molecule has 144 valence electrons. The van der Waals surface area contributed by atoms with E-state index in [0.717, 1.165) is 11.1 Å². The first-order chi connectivity index (χ1) is 13.7. The molecule has 1 atom stereocenters. The Morgan fingerprint density at radius 2 is 1.68 bits per heavy atom. The van der Waals surface area contributed by atoms with Crippen LogP contribution < -0.4 is 9.47 Å². The largest absolute Gasteiger partial charge is 0.493 e. The van der Waals surface area contributed by atoms with Gasteiger partial charge in [0.25, 0.3) is 0 Å². The molecule has 0 saturated heterocycles. The number of benzene rings is 2. The van der Waals surface area contributed by atoms with Crippen LogP contribution in [0.4, 0.5) is 0 Å². The summed E-state index contributed by atoms with van der Waals surface area (Å²) in [6.07, 6.45) is 1.97. The smallest absolute Gasteiger partial charge is 0.307 e. The number of carbonyl (C=O) groups is 1. The highest BCUT2D eigenvalue weighted by Gasteiger charge is 2.20. The minimum absolute atomic E-state index is 0.256. The Bertz CT molecular complexity index is 857. The molecule has 0 aliphatic rings. The van der Waals surface area contributed by atoms with Crippen molar-refractivity contribution in [3.8, 4) is 11.5 Å². The summed E-state index contributed by atoms with van der Waals surface area (Å²) < 4.78 is 16.3. The molecule has 0 N–H and O–H groups in total. The van der Waals surface area contributed by atoms with Crippen molar-refractivity contribution in [2.24, 2.45) is 0 Å². The molecule has 0 aliphatic heterocycles. The van der Waals surface area contributed by atoms with E-state index in [-0.39, 0.29) is 12.4 Å². The van der Waals surface area contributed by atoms with Crippen LogP contribution in [0.2, 0.25) is 0 Å². The highest BCUT2D eigenvalue weighted by molar-refractivity contribution is 5.70. The number of rotatable bonds is 8. The first-order valence-electron chi connectivity index (χ1n) is 9.07. The highest BCUT2D eigenvalue weighted by Crippen LogP contribution is 2.29. The monoisotopic (exact) mass is 377 g/mol. The van der Waals surface area contributed by atoms with Gasteiger partial charge in [0.1, 0.15) is 0 Å². The van der Waals surface area contributed by atoms with Gasteiger partial charge in [0.15, 0.2) is 17.6 Å². The van der Waals surface area contributed by atoms with Crippen LogP contribution in [0.15, 0.2) is 72.9 Å². The zero-order valence-corrected chi connectivity index (χ0v) is 16.0. The van der Waals surface area contributed by atoms with Gasteiger partial charge in [-0.3, -0.25) is 9.78 Å². The SMILES string of the molecule is COc1ccc(CCC(=O)OC(c2ccccc2)c2ccccn2)cc1OC. The van der Waals surface area contributed by atoms with Crippen LogP contribution in [0, 0.1) is 0 Å². The van der Waals surface area contributed by atoms with Crippen LogP contribution in [0.1, 0.15) is 29.3 Å². The lowest BCUT2D eigenvalue weighted by Crippen LogP contribution is -2.14. The highest BCUT2D eigenvalue weighted by atomic mass is 16.5. The molecule has 3 aromatic rings. The Labute approximate surface area is 164 Å². The normalized spacial score (nSPS) is 11.5. The summed E-state index contributed by atoms with van der Waals surface area (Å²) in [7, 11) is 3.18. The first kappa shape index (κ1) is 19.4. The van der Waals surface area contributed by atoms with Crippen molar-refractivity contribution in [2.75, 3.05) is 14.2 Å². The summed E-state index contributed by atoms with van der Waals surface area (Å²) in [5, 5.41) is 0. The lowest BCUT2D eigenvalue weighted by molar-refractivity contribution is -0.147. The molecule has 2 aromatic carbocycles. The number of nitrogens with zero attached hydrogens (tertiary/aromatic N) is 1. The van der Waals surface area contributed by atoms with Gasteiger partial charge in [-0.1, -0.05) is 42.5 Å². The molecule has 5 heteroatoms. The van der Waals surface area contributed by atoms with E-state index in [9.17, 15) is 4.79 Å². The van der Waals surface area contributed by atoms with Gasteiger partial charge in [0.05, 0.1) is 19.9 Å². The summed E-state index contributed by atoms with van der Waals surface area (Å²) in [5.74, 6) is 1.02. The summed E-state index contributed by atoms with van der Waals surface area (Å²) in [4.78, 5) is 16.9. The summed E-state index contributed by atoms with van der Waals surface area (Å²) in [6.45, 7) is 0. The Hall–Kier alpha value is -3.34. The zero-order valence-electron chi connectivity index (χ0n) is 16.0. The molecule has 0 spiro atoms. The van der Waals surface area contributed by atoms with Crippen LogP contribution in [0.25, 0.3) is 0 Å². The number of aryl methyl sites for hydroxylation is 1. The Morgan fingerprint density at radius 3 is 2.36 bits per heavy atom. The molecule has 0 aliphatic carbocycles. The zero-order chi connectivity index (χ0) is 19.8. The maximum absolute atomic E-state index is 12.5. The summed E-state index contributed by atoms with van der Waals surface area (Å²) in [6, 6.07) is 20.8. The van der Waals surface area contributed by atoms with Crippen LogP contribution in [-0.4, -0.2) is 25.2 Å². The third-order valence-corrected chi connectivity index (χ3v) is 4.37. The molecular formula is C23H23NO4. The van der Waals surface area contributed by atoms with E-state index in [0.29, 0.717) is 23.6 Å². The maximum atomic E-state index is 12.5. The van der Waals surface area contributed by atoms with Crippen LogP contribution in [0.5, 0.6) is 11.5 Å². The van der Waals surface area contributed by atoms with E-state index in [2.05, 4.69) is 4.98 Å². The van der Waals surface area contributed by atoms with Crippen molar-refractivity contribution >= 4 is 5.97 Å². The molecule has 0 bridgehead atoms. The predicted molar refractivity (Wildman–Crippen MR) is 106 cm³/mol. The third kappa shape index (κ3) is 4.88. The van der Waals surface area contributed by atoms with E-state index in [1.807, 2.05) is 66.7 Å². The second-order valence-corrected chi connectivity index (χ2v) is 6.22. The molecular weight excluding hydrogens is 354 g/mol. The van der Waals surface area contributed by atoms with Gasteiger partial charge >= 0.3 is 5.97 Å². The fourth-order valence-electron chi connectivity index (χ4n) is 2.93. The van der Waals surface area contributed by atoms with Gasteiger partial charge in [-0.15, -0.1) is 0 Å². The van der Waals surface area contributed by atoms with Gasteiger partial charge < -0.3 is 14.2 Å². The predicted octanol–water partition coefficient (Wildman–Crippen LogP) is 4.36. The van der Waals surface area contributed by atoms with Crippen molar-refractivity contribution in [1.29, 1.82) is 0 Å². The van der Waals surface area contributed by atoms with E-state index in [4.69, 9.17) is 14.2 Å². The number of pyridine rings is 1. The molecule has 28 heavy (non-hydrogen) atoms. The molecule has 1 unspecified atom stereocenters. The van der Waals surface area contributed by atoms with E-state index in [1.54, 1.807) is 20.4 Å². The lowest BCUT2D eigenvalue weighted by Gasteiger charge is -2.18. The maximum Gasteiger partial charge on any atom is 0.307 e. The molecule has 1 aromatic heterocycles. The summed E-state index contributed by atoms with van der Waals surface area (Å²) in [5.41, 5.74) is 2.57. The minimum Gasteiger partial charge on any atom is -0.493 e. The van der Waals surface area contributed by atoms with Crippen molar-refractivity contribution in [3.05, 3.63) is 89.7 Å². The number of methoxy groups -OCH3 is 2. The fourth-order valence-corrected chi connectivity index (χ4v) is 2.93. The topological polar surface area (TPSA) is 57.7 Å². The average Bonchev–Trinajstić information content (AvgIpc) is 2.77. The number of aromatic nitrogens is 1. The van der Waals surface area contributed by atoms with Gasteiger partial charge in [0, 0.05) is 12.6 Å². The van der Waals surface area contributed by atoms with Crippen molar-refractivity contribution < 1.29 is 19.0 Å². The fraction of sp³-hybridized carbons (Fsp3) is 0.217. The number of hydrogen-bond acceptors (Lipinski definition) is 5. The number of carbonyl (C=O) groups excluding carboxylic acids is 1. The van der Waals surface area contributed by atoms with Crippen LogP contribution in [-0.2, 0) is 16.0 Å². The number of ether oxygens (including phenoxy) is 3. The van der Waals surface area contributed by atoms with Crippen LogP contribution >= 0.6 is 0 Å². The first-order valence-corrected chi connectivity index (χ1v) is 9.07. The van der Waals surface area contributed by atoms with Gasteiger partial charge in [-0.25, -0.2) is 0 Å². The van der Waals surface area contributed by atoms with Crippen LogP contribution in [0.3, 0.4) is 0 Å². The second kappa shape index (κ2) is 9.55. The quantitative estimate of drug-likeness (QED) is 0.546. The number of esters is 1. The van der Waals surface area contributed by atoms with Gasteiger partial charge in [0.2, 0.25) is 0 Å². The molecule has 0 saturated carbocycles. The average molecular weight is 377 g/mol. The van der Waals surface area contributed by atoms with Gasteiger partial charge in [-0.05, 0) is 41.8 Å². The molecule has 0 fully saturated rings. The standard InChI is InChI=1S/C23H23NO4/c1-26-20-13-11-17(16-21(20)27-2)12-14-22(25)28-23(18-8-4-3-5-9-18)19-10-6-7-15-24-19/h3-11,13,15-16,23H,12,14H2,1-2H3. The third-order valence-electron chi connectivity index (χ3n) is 4.37. The molecule has 0 amide bonds. The Morgan fingerprint density at radius 1 is 0.929 bits per heavy atom. The van der Waals surface area contributed by atoms with E-state index in [1.165, 1.54) is 0 Å². The molecule has 1 heterocycles. The second-order valence-electron chi connectivity index (χ2n) is 6.22. The Kier molecular flexibility index (Phi) is 6.63. The number of hydrogen-bond donors (Lipinski definition) is 0. The van der Waals surface area contributed by atoms with Crippen molar-refractivity contribution in [1.82, 2.24) is 4.98 Å². The molecule has 5 nitrogen and oxygen atoms in total. The van der Waals surface area contributed by atoms with Crippen molar-refractivity contribution in [3.63, 3.8) is 0 Å². The van der Waals surface area contributed by atoms with Crippen molar-refractivity contribution in [2.45, 2.75) is 18.9 Å². The summed E-state index contributed by atoms with van der Waals surface area (Å²) >= 11 is 0. The lowest BCUT2D eigenvalue weighted by atomic mass is 10.1.